The molecular formula is C18H15F3N4O2. The molecule has 6 nitrogen and oxygen atoms in total. The third kappa shape index (κ3) is 3.20. The van der Waals surface area contributed by atoms with Crippen LogP contribution in [0.4, 0.5) is 13.2 Å². The zero-order valence-electron chi connectivity index (χ0n) is 14.2. The number of para-hydroxylation sites is 1. The van der Waals surface area contributed by atoms with E-state index in [1.165, 1.54) is 6.92 Å². The van der Waals surface area contributed by atoms with Crippen LogP contribution in [0.15, 0.2) is 36.5 Å². The molecule has 0 fully saturated rings. The van der Waals surface area contributed by atoms with Crippen LogP contribution in [0.2, 0.25) is 0 Å². The first kappa shape index (κ1) is 17.3. The first-order valence-corrected chi connectivity index (χ1v) is 8.27. The maximum atomic E-state index is 13.2. The van der Waals surface area contributed by atoms with Crippen molar-refractivity contribution in [1.82, 2.24) is 19.9 Å². The summed E-state index contributed by atoms with van der Waals surface area (Å²) in [6.07, 6.45) is -2.93. The van der Waals surface area contributed by atoms with E-state index in [0.717, 1.165) is 23.6 Å². The second-order valence-electron chi connectivity index (χ2n) is 6.37. The van der Waals surface area contributed by atoms with E-state index in [9.17, 15) is 18.0 Å². The van der Waals surface area contributed by atoms with Gasteiger partial charge in [-0.2, -0.15) is 18.3 Å². The Bertz CT molecular complexity index is 1030. The maximum absolute atomic E-state index is 13.2. The van der Waals surface area contributed by atoms with Gasteiger partial charge in [0.2, 0.25) is 0 Å². The van der Waals surface area contributed by atoms with E-state index >= 15 is 0 Å². The number of aromatic nitrogens is 3. The predicted octanol–water partition coefficient (Wildman–Crippen LogP) is 2.79. The molecule has 9 heteroatoms. The molecule has 2 aromatic heterocycles. The number of fused-ring (bicyclic) bond motifs is 2. The average molecular weight is 376 g/mol. The third-order valence-corrected chi connectivity index (χ3v) is 4.35. The molecule has 0 aliphatic carbocycles. The number of amides is 1. The van der Waals surface area contributed by atoms with Crippen LogP contribution < -0.4 is 10.1 Å². The van der Waals surface area contributed by atoms with Crippen molar-refractivity contribution in [2.75, 3.05) is 6.61 Å². The number of carbonyl (C=O) groups excluding carboxylic acids is 1. The van der Waals surface area contributed by atoms with Gasteiger partial charge in [0.15, 0.2) is 5.65 Å². The van der Waals surface area contributed by atoms with Gasteiger partial charge in [-0.1, -0.05) is 18.2 Å². The lowest BCUT2D eigenvalue weighted by atomic mass is 10.0. The summed E-state index contributed by atoms with van der Waals surface area (Å²) in [5.41, 5.74) is 0.000493. The number of alkyl halides is 3. The lowest BCUT2D eigenvalue weighted by Crippen LogP contribution is -2.42. The smallest absolute Gasteiger partial charge is 0.433 e. The number of benzene rings is 1. The SMILES string of the molecule is Cc1cc(C(F)(F)F)n2ncc(C(=O)N[C@@H]3COc4ccccc4C3)c2n1. The van der Waals surface area contributed by atoms with E-state index in [1.807, 2.05) is 24.3 Å². The van der Waals surface area contributed by atoms with Gasteiger partial charge in [0.25, 0.3) is 5.91 Å². The largest absolute Gasteiger partial charge is 0.491 e. The van der Waals surface area contributed by atoms with E-state index in [2.05, 4.69) is 15.4 Å². The first-order chi connectivity index (χ1) is 12.8. The third-order valence-electron chi connectivity index (χ3n) is 4.35. The van der Waals surface area contributed by atoms with E-state index in [-0.39, 0.29) is 29.6 Å². The topological polar surface area (TPSA) is 68.5 Å². The van der Waals surface area contributed by atoms with Gasteiger partial charge in [-0.25, -0.2) is 9.50 Å². The van der Waals surface area contributed by atoms with Crippen LogP contribution in [0, 0.1) is 6.92 Å². The number of nitrogens with one attached hydrogen (secondary N) is 1. The van der Waals surface area contributed by atoms with Crippen molar-refractivity contribution >= 4 is 11.6 Å². The molecule has 0 radical (unpaired) electrons. The Balaban J connectivity index is 1.62. The summed E-state index contributed by atoms with van der Waals surface area (Å²) >= 11 is 0. The molecule has 1 amide bonds. The minimum atomic E-state index is -4.60. The lowest BCUT2D eigenvalue weighted by molar-refractivity contribution is -0.142. The molecule has 0 bridgehead atoms. The lowest BCUT2D eigenvalue weighted by Gasteiger charge is -2.25. The Hall–Kier alpha value is -3.10. The highest BCUT2D eigenvalue weighted by Gasteiger charge is 2.35. The number of nitrogens with zero attached hydrogens (tertiary/aromatic N) is 3. The highest BCUT2D eigenvalue weighted by molar-refractivity contribution is 5.99. The molecule has 1 N–H and O–H groups in total. The van der Waals surface area contributed by atoms with Gasteiger partial charge in [-0.3, -0.25) is 4.79 Å². The molecule has 27 heavy (non-hydrogen) atoms. The second-order valence-corrected chi connectivity index (χ2v) is 6.37. The maximum Gasteiger partial charge on any atom is 0.433 e. The molecular weight excluding hydrogens is 361 g/mol. The van der Waals surface area contributed by atoms with Crippen LogP contribution in [0.1, 0.15) is 27.3 Å². The minimum Gasteiger partial charge on any atom is -0.491 e. The molecule has 3 heterocycles. The molecule has 0 saturated heterocycles. The van der Waals surface area contributed by atoms with Crippen molar-refractivity contribution in [3.8, 4) is 5.75 Å². The molecule has 0 unspecified atom stereocenters. The van der Waals surface area contributed by atoms with Crippen molar-refractivity contribution in [3.63, 3.8) is 0 Å². The van der Waals surface area contributed by atoms with Crippen molar-refractivity contribution in [3.05, 3.63) is 59.0 Å². The molecule has 4 rings (SSSR count). The monoisotopic (exact) mass is 376 g/mol. The normalized spacial score (nSPS) is 16.7. The van der Waals surface area contributed by atoms with E-state index < -0.39 is 17.8 Å². The Morgan fingerprint density at radius 1 is 1.33 bits per heavy atom. The number of carbonyl (C=O) groups is 1. The first-order valence-electron chi connectivity index (χ1n) is 8.27. The molecule has 1 aliphatic heterocycles. The summed E-state index contributed by atoms with van der Waals surface area (Å²) < 4.78 is 45.9. The second kappa shape index (κ2) is 6.26. The molecule has 140 valence electrons. The van der Waals surface area contributed by atoms with Gasteiger partial charge in [-0.05, 0) is 31.0 Å². The van der Waals surface area contributed by atoms with Gasteiger partial charge >= 0.3 is 6.18 Å². The average Bonchev–Trinajstić information content (AvgIpc) is 3.03. The van der Waals surface area contributed by atoms with Crippen LogP contribution in [0.25, 0.3) is 5.65 Å². The molecule has 1 aliphatic rings. The fraction of sp³-hybridized carbons (Fsp3) is 0.278. The molecule has 1 aromatic carbocycles. The van der Waals surface area contributed by atoms with Gasteiger partial charge in [-0.15, -0.1) is 0 Å². The zero-order valence-corrected chi connectivity index (χ0v) is 14.2. The van der Waals surface area contributed by atoms with E-state index in [4.69, 9.17) is 4.74 Å². The quantitative estimate of drug-likeness (QED) is 0.747. The zero-order chi connectivity index (χ0) is 19.2. The highest BCUT2D eigenvalue weighted by atomic mass is 19.4. The summed E-state index contributed by atoms with van der Waals surface area (Å²) in [7, 11) is 0. The van der Waals surface area contributed by atoms with Crippen molar-refractivity contribution in [2.24, 2.45) is 0 Å². The number of rotatable bonds is 2. The van der Waals surface area contributed by atoms with Gasteiger partial charge in [0.1, 0.15) is 23.6 Å². The number of hydrogen-bond donors (Lipinski definition) is 1. The van der Waals surface area contributed by atoms with Gasteiger partial charge in [0.05, 0.1) is 12.2 Å². The standard InChI is InChI=1S/C18H15F3N4O2/c1-10-6-15(18(19,20)21)25-16(23-10)13(8-22-25)17(26)24-12-7-11-4-2-3-5-14(11)27-9-12/h2-6,8,12H,7,9H2,1H3,(H,24,26)/t12-/m0/s1. The van der Waals surface area contributed by atoms with Gasteiger partial charge in [0, 0.05) is 5.69 Å². The van der Waals surface area contributed by atoms with Crippen molar-refractivity contribution < 1.29 is 22.7 Å². The summed E-state index contributed by atoms with van der Waals surface area (Å²) in [5, 5.41) is 6.51. The van der Waals surface area contributed by atoms with Crippen LogP contribution in [-0.2, 0) is 12.6 Å². The predicted molar refractivity (Wildman–Crippen MR) is 89.6 cm³/mol. The molecule has 0 spiro atoms. The molecule has 0 saturated carbocycles. The number of ether oxygens (including phenoxy) is 1. The summed E-state index contributed by atoms with van der Waals surface area (Å²) in [6, 6.07) is 8.10. The van der Waals surface area contributed by atoms with Crippen LogP contribution in [-0.4, -0.2) is 33.2 Å². The number of hydrogen-bond acceptors (Lipinski definition) is 4. The Morgan fingerprint density at radius 2 is 2.11 bits per heavy atom. The Kier molecular flexibility index (Phi) is 4.01. The van der Waals surface area contributed by atoms with Gasteiger partial charge < -0.3 is 10.1 Å². The number of halogens is 3. The van der Waals surface area contributed by atoms with Crippen LogP contribution in [0.3, 0.4) is 0 Å². The van der Waals surface area contributed by atoms with Crippen molar-refractivity contribution in [2.45, 2.75) is 25.6 Å². The molecule has 1 atom stereocenters. The van der Waals surface area contributed by atoms with Crippen LogP contribution in [0.5, 0.6) is 5.75 Å². The fourth-order valence-electron chi connectivity index (χ4n) is 3.13. The number of aryl methyl sites for hydroxylation is 1. The Labute approximate surface area is 152 Å². The summed E-state index contributed by atoms with van der Waals surface area (Å²) in [4.78, 5) is 16.7. The van der Waals surface area contributed by atoms with E-state index in [0.29, 0.717) is 10.9 Å². The Morgan fingerprint density at radius 3 is 2.89 bits per heavy atom. The minimum absolute atomic E-state index is 0.0111. The van der Waals surface area contributed by atoms with Crippen molar-refractivity contribution in [1.29, 1.82) is 0 Å². The van der Waals surface area contributed by atoms with Crippen LogP contribution >= 0.6 is 0 Å². The highest BCUT2D eigenvalue weighted by Crippen LogP contribution is 2.30. The summed E-state index contributed by atoms with van der Waals surface area (Å²) in [6.45, 7) is 1.72. The fourth-order valence-corrected chi connectivity index (χ4v) is 3.13. The molecule has 3 aromatic rings. The summed E-state index contributed by atoms with van der Waals surface area (Å²) in [5.74, 6) is 0.232. The van der Waals surface area contributed by atoms with E-state index in [1.54, 1.807) is 0 Å².